The Bertz CT molecular complexity index is 674. The minimum absolute atomic E-state index is 0.378. The quantitative estimate of drug-likeness (QED) is 0.757. The molecule has 0 aliphatic heterocycles. The number of methoxy groups -OCH3 is 1. The van der Waals surface area contributed by atoms with Crippen LogP contribution in [0.2, 0.25) is 0 Å². The van der Waals surface area contributed by atoms with Gasteiger partial charge in [0.1, 0.15) is 11.6 Å². The van der Waals surface area contributed by atoms with E-state index >= 15 is 0 Å². The summed E-state index contributed by atoms with van der Waals surface area (Å²) in [6.07, 6.45) is 1.58. The standard InChI is InChI=1S/C14H14N4O2/c1-19-10-6-4-9(5-7-10)12(15)14-16-13(17-18-14)11-3-2-8-20-11/h2-8,12H,15H2,1H3,(H,16,17,18). The Kier molecular flexibility index (Phi) is 3.22. The highest BCUT2D eigenvalue weighted by molar-refractivity contribution is 5.45. The van der Waals surface area contributed by atoms with Crippen molar-refractivity contribution in [1.29, 1.82) is 0 Å². The highest BCUT2D eigenvalue weighted by Crippen LogP contribution is 2.22. The van der Waals surface area contributed by atoms with Gasteiger partial charge in [0.05, 0.1) is 19.4 Å². The minimum atomic E-state index is -0.378. The summed E-state index contributed by atoms with van der Waals surface area (Å²) in [4.78, 5) is 4.35. The first-order valence-corrected chi connectivity index (χ1v) is 6.13. The average molecular weight is 270 g/mol. The van der Waals surface area contributed by atoms with Crippen molar-refractivity contribution >= 4 is 0 Å². The third-order valence-corrected chi connectivity index (χ3v) is 3.01. The van der Waals surface area contributed by atoms with E-state index in [1.807, 2.05) is 24.3 Å². The molecule has 2 aromatic heterocycles. The van der Waals surface area contributed by atoms with E-state index in [1.165, 1.54) is 0 Å². The molecule has 0 radical (unpaired) electrons. The van der Waals surface area contributed by atoms with Gasteiger partial charge in [0.15, 0.2) is 5.76 Å². The number of nitrogens with two attached hydrogens (primary N) is 1. The van der Waals surface area contributed by atoms with E-state index in [-0.39, 0.29) is 6.04 Å². The fourth-order valence-electron chi connectivity index (χ4n) is 1.90. The normalized spacial score (nSPS) is 12.3. The third-order valence-electron chi connectivity index (χ3n) is 3.01. The second-order valence-corrected chi connectivity index (χ2v) is 4.27. The maximum absolute atomic E-state index is 6.17. The number of H-pyrrole nitrogens is 1. The SMILES string of the molecule is COc1ccc(C(N)c2nc(-c3ccco3)n[nH]2)cc1. The van der Waals surface area contributed by atoms with E-state index in [0.717, 1.165) is 11.3 Å². The van der Waals surface area contributed by atoms with Crippen molar-refractivity contribution in [3.05, 3.63) is 54.0 Å². The zero-order valence-electron chi connectivity index (χ0n) is 10.9. The van der Waals surface area contributed by atoms with Gasteiger partial charge < -0.3 is 14.9 Å². The van der Waals surface area contributed by atoms with E-state index < -0.39 is 0 Å². The maximum Gasteiger partial charge on any atom is 0.216 e. The number of ether oxygens (including phenoxy) is 1. The largest absolute Gasteiger partial charge is 0.497 e. The third kappa shape index (κ3) is 2.28. The molecule has 1 aromatic carbocycles. The molecule has 0 aliphatic carbocycles. The first kappa shape index (κ1) is 12.4. The highest BCUT2D eigenvalue weighted by Gasteiger charge is 2.15. The Morgan fingerprint density at radius 3 is 2.70 bits per heavy atom. The predicted octanol–water partition coefficient (Wildman–Crippen LogP) is 2.12. The van der Waals surface area contributed by atoms with Gasteiger partial charge in [-0.05, 0) is 29.8 Å². The van der Waals surface area contributed by atoms with Crippen LogP contribution >= 0.6 is 0 Å². The molecule has 20 heavy (non-hydrogen) atoms. The molecule has 0 amide bonds. The van der Waals surface area contributed by atoms with E-state index in [2.05, 4.69) is 15.2 Å². The van der Waals surface area contributed by atoms with Crippen LogP contribution in [0, 0.1) is 0 Å². The zero-order valence-corrected chi connectivity index (χ0v) is 10.9. The first-order valence-electron chi connectivity index (χ1n) is 6.13. The topological polar surface area (TPSA) is 90.0 Å². The van der Waals surface area contributed by atoms with Crippen LogP contribution in [0.25, 0.3) is 11.6 Å². The van der Waals surface area contributed by atoms with Crippen LogP contribution < -0.4 is 10.5 Å². The van der Waals surface area contributed by atoms with Gasteiger partial charge in [-0.1, -0.05) is 12.1 Å². The molecule has 3 rings (SSSR count). The molecule has 0 fully saturated rings. The van der Waals surface area contributed by atoms with Crippen LogP contribution in [0.15, 0.2) is 47.1 Å². The molecule has 0 saturated carbocycles. The summed E-state index contributed by atoms with van der Waals surface area (Å²) >= 11 is 0. The van der Waals surface area contributed by atoms with Gasteiger partial charge in [0.25, 0.3) is 0 Å². The van der Waals surface area contributed by atoms with E-state index in [9.17, 15) is 0 Å². The number of aromatic nitrogens is 3. The lowest BCUT2D eigenvalue weighted by molar-refractivity contribution is 0.414. The van der Waals surface area contributed by atoms with Gasteiger partial charge in [0, 0.05) is 0 Å². The van der Waals surface area contributed by atoms with Crippen LogP contribution in [-0.4, -0.2) is 22.3 Å². The van der Waals surface area contributed by atoms with Crippen molar-refractivity contribution in [2.75, 3.05) is 7.11 Å². The lowest BCUT2D eigenvalue weighted by atomic mass is 10.1. The molecule has 0 spiro atoms. The smallest absolute Gasteiger partial charge is 0.216 e. The van der Waals surface area contributed by atoms with Crippen LogP contribution in [0.1, 0.15) is 17.4 Å². The van der Waals surface area contributed by atoms with Crippen molar-refractivity contribution in [3.63, 3.8) is 0 Å². The zero-order chi connectivity index (χ0) is 13.9. The fourth-order valence-corrected chi connectivity index (χ4v) is 1.90. The molecule has 3 aromatic rings. The molecule has 1 unspecified atom stereocenters. The first-order chi connectivity index (χ1) is 9.78. The molecule has 0 bridgehead atoms. The maximum atomic E-state index is 6.17. The number of benzene rings is 1. The van der Waals surface area contributed by atoms with Gasteiger partial charge in [-0.3, -0.25) is 5.10 Å². The molecule has 1 atom stereocenters. The predicted molar refractivity (Wildman–Crippen MR) is 73.1 cm³/mol. The summed E-state index contributed by atoms with van der Waals surface area (Å²) in [6.45, 7) is 0. The average Bonchev–Trinajstić information content (AvgIpc) is 3.17. The molecule has 3 N–H and O–H groups in total. The monoisotopic (exact) mass is 270 g/mol. The van der Waals surface area contributed by atoms with Crippen molar-refractivity contribution in [1.82, 2.24) is 15.2 Å². The Labute approximate surface area is 115 Å². The van der Waals surface area contributed by atoms with Gasteiger partial charge >= 0.3 is 0 Å². The Balaban J connectivity index is 1.84. The summed E-state index contributed by atoms with van der Waals surface area (Å²) in [5, 5.41) is 6.95. The Morgan fingerprint density at radius 2 is 2.05 bits per heavy atom. The molecule has 0 saturated heterocycles. The summed E-state index contributed by atoms with van der Waals surface area (Å²) in [7, 11) is 1.63. The summed E-state index contributed by atoms with van der Waals surface area (Å²) in [5.41, 5.74) is 7.09. The van der Waals surface area contributed by atoms with Crippen molar-refractivity contribution < 1.29 is 9.15 Å². The van der Waals surface area contributed by atoms with Crippen LogP contribution in [0.5, 0.6) is 5.75 Å². The highest BCUT2D eigenvalue weighted by atomic mass is 16.5. The van der Waals surface area contributed by atoms with Gasteiger partial charge in [-0.2, -0.15) is 0 Å². The number of nitrogens with zero attached hydrogens (tertiary/aromatic N) is 2. The summed E-state index contributed by atoms with van der Waals surface area (Å²) < 4.78 is 10.4. The molecular weight excluding hydrogens is 256 g/mol. The Morgan fingerprint density at radius 1 is 1.25 bits per heavy atom. The van der Waals surface area contributed by atoms with E-state index in [1.54, 1.807) is 25.5 Å². The minimum Gasteiger partial charge on any atom is -0.497 e. The summed E-state index contributed by atoms with van der Waals surface area (Å²) in [6, 6.07) is 10.7. The van der Waals surface area contributed by atoms with Crippen LogP contribution in [0.4, 0.5) is 0 Å². The summed E-state index contributed by atoms with van der Waals surface area (Å²) in [5.74, 6) is 2.47. The second-order valence-electron chi connectivity index (χ2n) is 4.27. The van der Waals surface area contributed by atoms with E-state index in [0.29, 0.717) is 17.4 Å². The number of furan rings is 1. The van der Waals surface area contributed by atoms with Gasteiger partial charge in [-0.25, -0.2) is 4.98 Å². The van der Waals surface area contributed by atoms with Crippen molar-refractivity contribution in [2.24, 2.45) is 5.73 Å². The molecule has 2 heterocycles. The fraction of sp³-hybridized carbons (Fsp3) is 0.143. The van der Waals surface area contributed by atoms with Gasteiger partial charge in [0.2, 0.25) is 5.82 Å². The Hall–Kier alpha value is -2.60. The number of nitrogens with one attached hydrogen (secondary N) is 1. The lowest BCUT2D eigenvalue weighted by Gasteiger charge is -2.09. The second kappa shape index (κ2) is 5.18. The number of aromatic amines is 1. The van der Waals surface area contributed by atoms with Crippen LogP contribution in [0.3, 0.4) is 0 Å². The number of hydrogen-bond acceptors (Lipinski definition) is 5. The molecule has 0 aliphatic rings. The number of hydrogen-bond donors (Lipinski definition) is 2. The molecule has 6 heteroatoms. The molecular formula is C14H14N4O2. The van der Waals surface area contributed by atoms with Gasteiger partial charge in [-0.15, -0.1) is 5.10 Å². The van der Waals surface area contributed by atoms with Crippen molar-refractivity contribution in [3.8, 4) is 17.3 Å². The lowest BCUT2D eigenvalue weighted by Crippen LogP contribution is -2.13. The van der Waals surface area contributed by atoms with Crippen molar-refractivity contribution in [2.45, 2.75) is 6.04 Å². The van der Waals surface area contributed by atoms with Crippen LogP contribution in [-0.2, 0) is 0 Å². The van der Waals surface area contributed by atoms with E-state index in [4.69, 9.17) is 14.9 Å². The molecule has 6 nitrogen and oxygen atoms in total. The number of rotatable bonds is 4. The molecule has 102 valence electrons.